The number of amides is 4. The Bertz CT molecular complexity index is 1140. The van der Waals surface area contributed by atoms with Gasteiger partial charge in [-0.3, -0.25) is 19.2 Å². The zero-order valence-electron chi connectivity index (χ0n) is 29.1. The molecule has 12 heteroatoms. The summed E-state index contributed by atoms with van der Waals surface area (Å²) < 4.78 is 11.7. The summed E-state index contributed by atoms with van der Waals surface area (Å²) in [4.78, 5) is 55.9. The average Bonchev–Trinajstić information content (AvgIpc) is 3.52. The lowest BCUT2D eigenvalue weighted by Crippen LogP contribution is -2.56. The molecule has 1 saturated heterocycles. The Balaban J connectivity index is 2.15. The lowest BCUT2D eigenvalue weighted by Gasteiger charge is -2.39. The maximum atomic E-state index is 13.9. The fourth-order valence-electron chi connectivity index (χ4n) is 6.21. The molecular formula is C34H57N5O7. The Morgan fingerprint density at radius 1 is 1.11 bits per heavy atom. The number of aliphatic hydroxyl groups excluding tert-OH is 1. The Morgan fingerprint density at radius 3 is 2.28 bits per heavy atom. The summed E-state index contributed by atoms with van der Waals surface area (Å²) in [6.07, 6.45) is 0.141. The molecule has 0 radical (unpaired) electrons. The van der Waals surface area contributed by atoms with Crippen LogP contribution in [0.2, 0.25) is 0 Å². The molecule has 8 atom stereocenters. The van der Waals surface area contributed by atoms with Crippen LogP contribution in [0.3, 0.4) is 0 Å². The first-order valence-corrected chi connectivity index (χ1v) is 16.3. The monoisotopic (exact) mass is 647 g/mol. The second kappa shape index (κ2) is 17.7. The van der Waals surface area contributed by atoms with E-state index in [-0.39, 0.29) is 42.6 Å². The Morgan fingerprint density at radius 2 is 1.74 bits per heavy atom. The number of ether oxygens (including phenoxy) is 2. The maximum absolute atomic E-state index is 13.9. The van der Waals surface area contributed by atoms with E-state index in [0.29, 0.717) is 18.5 Å². The average molecular weight is 648 g/mol. The number of hydrogen-bond acceptors (Lipinski definition) is 8. The molecule has 1 fully saturated rings. The molecule has 1 heterocycles. The van der Waals surface area contributed by atoms with Crippen molar-refractivity contribution in [2.45, 2.75) is 109 Å². The molecule has 0 aliphatic carbocycles. The number of benzene rings is 1. The van der Waals surface area contributed by atoms with Crippen LogP contribution in [0.5, 0.6) is 0 Å². The number of aliphatic hydroxyl groups is 1. The van der Waals surface area contributed by atoms with E-state index >= 15 is 0 Å². The molecule has 1 aromatic rings. The molecule has 1 aromatic carbocycles. The lowest BCUT2D eigenvalue weighted by atomic mass is 9.90. The van der Waals surface area contributed by atoms with Gasteiger partial charge in [-0.15, -0.1) is 0 Å². The van der Waals surface area contributed by atoms with Crippen LogP contribution in [0.25, 0.3) is 0 Å². The molecular weight excluding hydrogens is 590 g/mol. The quantitative estimate of drug-likeness (QED) is 0.200. The van der Waals surface area contributed by atoms with E-state index in [2.05, 4.69) is 10.6 Å². The highest BCUT2D eigenvalue weighted by molar-refractivity contribution is 5.89. The lowest BCUT2D eigenvalue weighted by molar-refractivity contribution is -0.146. The Hall–Kier alpha value is -3.06. The number of methoxy groups -OCH3 is 2. The number of rotatable bonds is 17. The first-order chi connectivity index (χ1) is 21.6. The number of likely N-dealkylation sites (N-methyl/N-ethyl adjacent to an activating group) is 1. The summed E-state index contributed by atoms with van der Waals surface area (Å²) in [6, 6.07) is 7.85. The van der Waals surface area contributed by atoms with Gasteiger partial charge in [0.15, 0.2) is 0 Å². The van der Waals surface area contributed by atoms with Gasteiger partial charge in [-0.1, -0.05) is 57.5 Å². The molecule has 260 valence electrons. The fraction of sp³-hybridized carbons (Fsp3) is 0.706. The van der Waals surface area contributed by atoms with Gasteiger partial charge in [0.05, 0.1) is 60.9 Å². The minimum Gasteiger partial charge on any atom is -0.386 e. The molecule has 0 bridgehead atoms. The Kier molecular flexibility index (Phi) is 15.1. The maximum Gasteiger partial charge on any atom is 0.242 e. The molecule has 1 aliphatic rings. The topological polar surface area (TPSA) is 164 Å². The summed E-state index contributed by atoms with van der Waals surface area (Å²) in [5.74, 6) is -1.79. The van der Waals surface area contributed by atoms with Gasteiger partial charge < -0.3 is 40.7 Å². The summed E-state index contributed by atoms with van der Waals surface area (Å²) >= 11 is 0. The summed E-state index contributed by atoms with van der Waals surface area (Å²) in [5.41, 5.74) is 5.43. The van der Waals surface area contributed by atoms with Crippen LogP contribution in [-0.2, 0) is 28.7 Å². The molecule has 0 saturated carbocycles. The van der Waals surface area contributed by atoms with E-state index in [9.17, 15) is 24.3 Å². The van der Waals surface area contributed by atoms with Crippen molar-refractivity contribution in [3.63, 3.8) is 0 Å². The number of nitrogens with one attached hydrogen (secondary N) is 2. The van der Waals surface area contributed by atoms with Crippen molar-refractivity contribution in [2.75, 3.05) is 34.4 Å². The van der Waals surface area contributed by atoms with Crippen molar-refractivity contribution in [3.05, 3.63) is 35.9 Å². The summed E-state index contributed by atoms with van der Waals surface area (Å²) in [7, 11) is 4.73. The molecule has 5 N–H and O–H groups in total. The van der Waals surface area contributed by atoms with E-state index in [1.165, 1.54) is 7.11 Å². The zero-order chi connectivity index (χ0) is 34.8. The molecule has 4 amide bonds. The van der Waals surface area contributed by atoms with Crippen molar-refractivity contribution in [1.29, 1.82) is 0 Å². The first kappa shape index (κ1) is 39.1. The highest BCUT2D eigenvalue weighted by atomic mass is 16.5. The third-order valence-electron chi connectivity index (χ3n) is 9.27. The van der Waals surface area contributed by atoms with E-state index in [4.69, 9.17) is 15.2 Å². The van der Waals surface area contributed by atoms with E-state index in [0.717, 1.165) is 12.8 Å². The summed E-state index contributed by atoms with van der Waals surface area (Å²) in [6.45, 7) is 11.0. The van der Waals surface area contributed by atoms with Crippen LogP contribution in [0.4, 0.5) is 0 Å². The predicted octanol–water partition coefficient (Wildman–Crippen LogP) is 2.00. The van der Waals surface area contributed by atoms with E-state index in [1.807, 2.05) is 44.2 Å². The molecule has 2 rings (SSSR count). The van der Waals surface area contributed by atoms with Crippen LogP contribution < -0.4 is 16.4 Å². The molecule has 12 nitrogen and oxygen atoms in total. The SMILES string of the molecule is CC[C@H](C)[C@@H]([C@@H](CC(=O)N1CCC[C@H]1[C@H](OC)[C@@H](C)C(=O)N[C@H](C)[C@@H](O)c1ccccc1)OC)N(C)C(=O)CNC(=O)C(C)(C)N. The second-order valence-corrected chi connectivity index (χ2v) is 13.2. The fourth-order valence-corrected chi connectivity index (χ4v) is 6.21. The minimum atomic E-state index is -1.12. The van der Waals surface area contributed by atoms with Crippen molar-refractivity contribution >= 4 is 23.6 Å². The highest BCUT2D eigenvalue weighted by Gasteiger charge is 2.42. The van der Waals surface area contributed by atoms with Gasteiger partial charge in [0.25, 0.3) is 0 Å². The zero-order valence-corrected chi connectivity index (χ0v) is 29.1. The van der Waals surface area contributed by atoms with Gasteiger partial charge in [-0.05, 0) is 45.1 Å². The molecule has 0 spiro atoms. The van der Waals surface area contributed by atoms with Gasteiger partial charge >= 0.3 is 0 Å². The Labute approximate surface area is 274 Å². The number of carbonyl (C=O) groups is 4. The largest absolute Gasteiger partial charge is 0.386 e. The van der Waals surface area contributed by atoms with Crippen LogP contribution in [0, 0.1) is 11.8 Å². The summed E-state index contributed by atoms with van der Waals surface area (Å²) in [5, 5.41) is 16.3. The molecule has 46 heavy (non-hydrogen) atoms. The first-order valence-electron chi connectivity index (χ1n) is 16.3. The van der Waals surface area contributed by atoms with Gasteiger partial charge in [-0.2, -0.15) is 0 Å². The smallest absolute Gasteiger partial charge is 0.242 e. The van der Waals surface area contributed by atoms with Crippen LogP contribution in [-0.4, -0.2) is 109 Å². The number of nitrogens with two attached hydrogens (primary N) is 1. The molecule has 0 unspecified atom stereocenters. The third kappa shape index (κ3) is 10.2. The van der Waals surface area contributed by atoms with Crippen molar-refractivity contribution in [2.24, 2.45) is 17.6 Å². The minimum absolute atomic E-state index is 0.00797. The normalized spacial score (nSPS) is 19.7. The van der Waals surface area contributed by atoms with Crippen molar-refractivity contribution in [1.82, 2.24) is 20.4 Å². The second-order valence-electron chi connectivity index (χ2n) is 13.2. The number of hydrogen-bond donors (Lipinski definition) is 4. The number of nitrogens with zero attached hydrogens (tertiary/aromatic N) is 2. The van der Waals surface area contributed by atoms with Crippen LogP contribution >= 0.6 is 0 Å². The van der Waals surface area contributed by atoms with Crippen LogP contribution in [0.15, 0.2) is 30.3 Å². The number of carbonyl (C=O) groups excluding carboxylic acids is 4. The highest BCUT2D eigenvalue weighted by Crippen LogP contribution is 2.29. The third-order valence-corrected chi connectivity index (χ3v) is 9.27. The predicted molar refractivity (Wildman–Crippen MR) is 176 cm³/mol. The van der Waals surface area contributed by atoms with Gasteiger partial charge in [0, 0.05) is 27.8 Å². The van der Waals surface area contributed by atoms with E-state index in [1.54, 1.807) is 51.7 Å². The van der Waals surface area contributed by atoms with Crippen LogP contribution in [0.1, 0.15) is 78.9 Å². The van der Waals surface area contributed by atoms with Crippen molar-refractivity contribution in [3.8, 4) is 0 Å². The number of likely N-dealkylation sites (tertiary alicyclic amines) is 1. The molecule has 1 aliphatic heterocycles. The van der Waals surface area contributed by atoms with Crippen molar-refractivity contribution < 1.29 is 33.8 Å². The van der Waals surface area contributed by atoms with Gasteiger partial charge in [0.1, 0.15) is 0 Å². The van der Waals surface area contributed by atoms with Gasteiger partial charge in [0.2, 0.25) is 23.6 Å². The molecule has 0 aromatic heterocycles. The van der Waals surface area contributed by atoms with E-state index < -0.39 is 47.8 Å². The van der Waals surface area contributed by atoms with Gasteiger partial charge in [-0.25, -0.2) is 0 Å². The standard InChI is InChI=1S/C34H57N5O7/c1-10-21(2)29(38(7)28(41)20-36-33(44)34(5,6)35)26(45-8)19-27(40)39-18-14-17-25(39)31(46-9)22(3)32(43)37-23(4)30(42)24-15-12-11-13-16-24/h11-13,15-16,21-23,25-26,29-31,42H,10,14,17-20,35H2,1-9H3,(H,36,44)(H,37,43)/t21-,22+,23+,25-,26+,29-,30+,31+/m0/s1.